The van der Waals surface area contributed by atoms with Crippen molar-refractivity contribution in [3.8, 4) is 0 Å². The number of hydrogen-bond acceptors (Lipinski definition) is 3. The summed E-state index contributed by atoms with van der Waals surface area (Å²) in [5.41, 5.74) is 1.40. The fourth-order valence-electron chi connectivity index (χ4n) is 0.952. The molecule has 0 unspecified atom stereocenters. The maximum atomic E-state index is 9.18. The van der Waals surface area contributed by atoms with Gasteiger partial charge in [-0.25, -0.2) is 0 Å². The number of allylic oxidation sites excluding steroid dienone is 4. The van der Waals surface area contributed by atoms with E-state index in [1.807, 2.05) is 0 Å². The number of halogens is 1. The molecule has 4 heteroatoms. The van der Waals surface area contributed by atoms with Crippen LogP contribution in [0.15, 0.2) is 45.7 Å². The van der Waals surface area contributed by atoms with Crippen molar-refractivity contribution in [1.82, 2.24) is 0 Å². The molecule has 0 aromatic rings. The molecule has 68 valence electrons. The number of aliphatic hydroxyl groups excluding tert-OH is 1. The standard InChI is InChI=1S/C9H9ClN2O/c1-11-5-7-4-8(13)2-3-9(7)12-6-10/h2-5,13H,1,6H2/b7-5-,12-9-. The molecule has 0 aromatic carbocycles. The van der Waals surface area contributed by atoms with Gasteiger partial charge in [0.05, 0.1) is 5.71 Å². The molecule has 0 radical (unpaired) electrons. The minimum absolute atomic E-state index is 0.170. The number of aliphatic hydroxyl groups is 1. The van der Waals surface area contributed by atoms with Gasteiger partial charge in [0.2, 0.25) is 0 Å². The summed E-state index contributed by atoms with van der Waals surface area (Å²) in [4.78, 5) is 7.60. The largest absolute Gasteiger partial charge is 0.508 e. The number of nitrogens with zero attached hydrogens (tertiary/aromatic N) is 2. The predicted molar refractivity (Wildman–Crippen MR) is 55.6 cm³/mol. The van der Waals surface area contributed by atoms with E-state index in [0.717, 1.165) is 0 Å². The van der Waals surface area contributed by atoms with Crippen LogP contribution >= 0.6 is 11.6 Å². The number of alkyl halides is 1. The Bertz CT molecular complexity index is 327. The Morgan fingerprint density at radius 2 is 2.31 bits per heavy atom. The van der Waals surface area contributed by atoms with Crippen LogP contribution in [0.2, 0.25) is 0 Å². The quantitative estimate of drug-likeness (QED) is 0.411. The van der Waals surface area contributed by atoms with Crippen molar-refractivity contribution in [3.63, 3.8) is 0 Å². The first kappa shape index (κ1) is 9.74. The van der Waals surface area contributed by atoms with Gasteiger partial charge >= 0.3 is 0 Å². The lowest BCUT2D eigenvalue weighted by Gasteiger charge is -2.06. The summed E-state index contributed by atoms with van der Waals surface area (Å²) < 4.78 is 0. The highest BCUT2D eigenvalue weighted by atomic mass is 35.5. The molecule has 3 nitrogen and oxygen atoms in total. The summed E-state index contributed by atoms with van der Waals surface area (Å²) >= 11 is 5.46. The third kappa shape index (κ3) is 2.56. The highest BCUT2D eigenvalue weighted by Gasteiger charge is 2.06. The Balaban J connectivity index is 3.01. The minimum Gasteiger partial charge on any atom is -0.508 e. The Labute approximate surface area is 81.5 Å². The zero-order valence-corrected chi connectivity index (χ0v) is 7.70. The highest BCUT2D eigenvalue weighted by Crippen LogP contribution is 2.12. The van der Waals surface area contributed by atoms with Crippen molar-refractivity contribution in [2.75, 3.05) is 6.00 Å². The van der Waals surface area contributed by atoms with Crippen molar-refractivity contribution in [2.24, 2.45) is 9.98 Å². The Hall–Kier alpha value is -1.35. The number of aliphatic imine (C=N–C) groups is 2. The summed E-state index contributed by atoms with van der Waals surface area (Å²) in [5, 5.41) is 9.18. The van der Waals surface area contributed by atoms with Crippen LogP contribution in [0, 0.1) is 0 Å². The molecule has 13 heavy (non-hydrogen) atoms. The number of rotatable bonds is 2. The summed E-state index contributed by atoms with van der Waals surface area (Å²) in [5.74, 6) is 0.170. The van der Waals surface area contributed by atoms with Crippen LogP contribution in [-0.4, -0.2) is 23.5 Å². The molecule has 0 bridgehead atoms. The molecule has 0 amide bonds. The lowest BCUT2D eigenvalue weighted by atomic mass is 10.1. The van der Waals surface area contributed by atoms with E-state index in [-0.39, 0.29) is 11.8 Å². The van der Waals surface area contributed by atoms with Gasteiger partial charge in [-0.2, -0.15) is 0 Å². The van der Waals surface area contributed by atoms with Gasteiger partial charge in [0.1, 0.15) is 11.8 Å². The molecule has 0 aliphatic heterocycles. The average molecular weight is 197 g/mol. The Morgan fingerprint density at radius 1 is 1.54 bits per heavy atom. The zero-order chi connectivity index (χ0) is 9.68. The molecular weight excluding hydrogens is 188 g/mol. The van der Waals surface area contributed by atoms with E-state index in [1.54, 1.807) is 18.2 Å². The first-order valence-electron chi connectivity index (χ1n) is 3.63. The fraction of sp³-hybridized carbons (Fsp3) is 0.111. The van der Waals surface area contributed by atoms with Crippen LogP contribution in [0.5, 0.6) is 0 Å². The molecule has 1 rings (SSSR count). The molecule has 1 aliphatic carbocycles. The zero-order valence-electron chi connectivity index (χ0n) is 6.94. The van der Waals surface area contributed by atoms with Crippen LogP contribution in [-0.2, 0) is 0 Å². The predicted octanol–water partition coefficient (Wildman–Crippen LogP) is 2.22. The smallest absolute Gasteiger partial charge is 0.116 e. The van der Waals surface area contributed by atoms with E-state index >= 15 is 0 Å². The molecule has 0 saturated carbocycles. The lowest BCUT2D eigenvalue weighted by Crippen LogP contribution is -2.02. The molecule has 0 heterocycles. The molecule has 0 saturated heterocycles. The normalized spacial score (nSPS) is 22.1. The Morgan fingerprint density at radius 3 is 2.92 bits per heavy atom. The van der Waals surface area contributed by atoms with E-state index in [4.69, 9.17) is 11.6 Å². The summed E-state index contributed by atoms with van der Waals surface area (Å²) in [7, 11) is 0. The number of hydrogen-bond donors (Lipinski definition) is 1. The van der Waals surface area contributed by atoms with Gasteiger partial charge in [0, 0.05) is 11.8 Å². The van der Waals surface area contributed by atoms with Crippen molar-refractivity contribution in [1.29, 1.82) is 0 Å². The molecule has 0 fully saturated rings. The Kier molecular flexibility index (Phi) is 3.46. The average Bonchev–Trinajstić information content (AvgIpc) is 2.10. The summed E-state index contributed by atoms with van der Waals surface area (Å²) in [6.07, 6.45) is 6.30. The maximum absolute atomic E-state index is 9.18. The maximum Gasteiger partial charge on any atom is 0.116 e. The second kappa shape index (κ2) is 4.62. The van der Waals surface area contributed by atoms with E-state index in [1.165, 1.54) is 6.20 Å². The van der Waals surface area contributed by atoms with Gasteiger partial charge < -0.3 is 5.11 Å². The van der Waals surface area contributed by atoms with Gasteiger partial charge in [-0.15, -0.1) is 11.6 Å². The second-order valence-electron chi connectivity index (χ2n) is 2.33. The first-order chi connectivity index (χ1) is 6.27. The van der Waals surface area contributed by atoms with E-state index in [2.05, 4.69) is 16.7 Å². The summed E-state index contributed by atoms with van der Waals surface area (Å²) in [6.45, 7) is 3.33. The van der Waals surface area contributed by atoms with Crippen LogP contribution < -0.4 is 0 Å². The van der Waals surface area contributed by atoms with E-state index in [9.17, 15) is 5.11 Å². The van der Waals surface area contributed by atoms with Gasteiger partial charge in [-0.1, -0.05) is 0 Å². The van der Waals surface area contributed by atoms with E-state index < -0.39 is 0 Å². The third-order valence-electron chi connectivity index (χ3n) is 1.47. The van der Waals surface area contributed by atoms with Crippen molar-refractivity contribution < 1.29 is 5.11 Å². The molecule has 1 N–H and O–H groups in total. The second-order valence-corrected chi connectivity index (χ2v) is 2.57. The van der Waals surface area contributed by atoms with Gasteiger partial charge in [0.15, 0.2) is 0 Å². The lowest BCUT2D eigenvalue weighted by molar-refractivity contribution is 0.432. The molecule has 0 atom stereocenters. The molecule has 0 aromatic heterocycles. The van der Waals surface area contributed by atoms with Crippen LogP contribution in [0.25, 0.3) is 0 Å². The molecule has 1 aliphatic rings. The van der Waals surface area contributed by atoms with Gasteiger partial charge in [-0.3, -0.25) is 9.98 Å². The highest BCUT2D eigenvalue weighted by molar-refractivity contribution is 6.20. The SMILES string of the molecule is C=N/C=C1/C=C(O)C=C/C1=N/CCl. The van der Waals surface area contributed by atoms with E-state index in [0.29, 0.717) is 11.3 Å². The fourth-order valence-corrected chi connectivity index (χ4v) is 1.08. The van der Waals surface area contributed by atoms with Crippen LogP contribution in [0.3, 0.4) is 0 Å². The van der Waals surface area contributed by atoms with Crippen molar-refractivity contribution >= 4 is 24.0 Å². The summed E-state index contributed by atoms with van der Waals surface area (Å²) in [6, 6.07) is 0.183. The van der Waals surface area contributed by atoms with Crippen LogP contribution in [0.1, 0.15) is 0 Å². The minimum atomic E-state index is 0.170. The van der Waals surface area contributed by atoms with Crippen molar-refractivity contribution in [3.05, 3.63) is 35.8 Å². The van der Waals surface area contributed by atoms with Crippen LogP contribution in [0.4, 0.5) is 0 Å². The monoisotopic (exact) mass is 196 g/mol. The molecular formula is C9H9ClN2O. The first-order valence-corrected chi connectivity index (χ1v) is 4.17. The van der Waals surface area contributed by atoms with Gasteiger partial charge in [0.25, 0.3) is 0 Å². The molecule has 0 spiro atoms. The van der Waals surface area contributed by atoms with Gasteiger partial charge in [-0.05, 0) is 24.9 Å². The topological polar surface area (TPSA) is 45.0 Å². The third-order valence-corrected chi connectivity index (χ3v) is 1.59. The van der Waals surface area contributed by atoms with Crippen molar-refractivity contribution in [2.45, 2.75) is 0 Å².